The maximum atomic E-state index is 12.5. The topological polar surface area (TPSA) is 73.6 Å². The van der Waals surface area contributed by atoms with Gasteiger partial charge < -0.3 is 19.3 Å². The zero-order chi connectivity index (χ0) is 19.2. The average molecular weight is 387 g/mol. The highest BCUT2D eigenvalue weighted by Gasteiger charge is 2.21. The number of carbonyl (C=O) groups is 1. The molecule has 0 atom stereocenters. The molecule has 3 rings (SSSR count). The second-order valence-electron chi connectivity index (χ2n) is 5.78. The van der Waals surface area contributed by atoms with Crippen molar-refractivity contribution in [3.63, 3.8) is 0 Å². The molecule has 1 N–H and O–H groups in total. The van der Waals surface area contributed by atoms with E-state index in [1.54, 1.807) is 32.2 Å². The summed E-state index contributed by atoms with van der Waals surface area (Å²) in [6, 6.07) is 14.6. The van der Waals surface area contributed by atoms with Crippen molar-refractivity contribution in [2.75, 3.05) is 7.11 Å². The standard InChI is InChI=1S/C20H19ClN2O4/c1-13-15(12-26-18-10-6-5-9-17(18)25-2)19(23-27-13)20(24)22-11-14-7-3-4-8-16(14)21/h3-10H,11-12H2,1-2H3,(H,22,24). The van der Waals surface area contributed by atoms with E-state index in [-0.39, 0.29) is 24.8 Å². The highest BCUT2D eigenvalue weighted by molar-refractivity contribution is 6.31. The molecule has 3 aromatic rings. The lowest BCUT2D eigenvalue weighted by molar-refractivity contribution is 0.0939. The Morgan fingerprint density at radius 3 is 2.59 bits per heavy atom. The molecule has 6 nitrogen and oxygen atoms in total. The maximum Gasteiger partial charge on any atom is 0.274 e. The number of amides is 1. The SMILES string of the molecule is COc1ccccc1OCc1c(C(=O)NCc2ccccc2Cl)noc1C. The molecule has 0 saturated heterocycles. The van der Waals surface area contributed by atoms with Crippen LogP contribution in [0.15, 0.2) is 53.1 Å². The lowest BCUT2D eigenvalue weighted by Crippen LogP contribution is -2.24. The summed E-state index contributed by atoms with van der Waals surface area (Å²) in [5.74, 6) is 1.34. The molecule has 0 aliphatic rings. The van der Waals surface area contributed by atoms with Crippen molar-refractivity contribution in [3.8, 4) is 11.5 Å². The van der Waals surface area contributed by atoms with E-state index >= 15 is 0 Å². The number of hydrogen-bond acceptors (Lipinski definition) is 5. The van der Waals surface area contributed by atoms with Gasteiger partial charge in [-0.25, -0.2) is 0 Å². The van der Waals surface area contributed by atoms with Gasteiger partial charge in [0.1, 0.15) is 12.4 Å². The lowest BCUT2D eigenvalue weighted by Gasteiger charge is -2.10. The fraction of sp³-hybridized carbons (Fsp3) is 0.200. The van der Waals surface area contributed by atoms with Crippen molar-refractivity contribution in [1.29, 1.82) is 0 Å². The molecule has 0 aliphatic heterocycles. The summed E-state index contributed by atoms with van der Waals surface area (Å²) in [4.78, 5) is 12.5. The van der Waals surface area contributed by atoms with Gasteiger partial charge >= 0.3 is 0 Å². The molecular weight excluding hydrogens is 368 g/mol. The van der Waals surface area contributed by atoms with Gasteiger partial charge in [0.25, 0.3) is 5.91 Å². The van der Waals surface area contributed by atoms with Gasteiger partial charge in [0, 0.05) is 11.6 Å². The molecule has 0 radical (unpaired) electrons. The normalized spacial score (nSPS) is 10.5. The number of halogens is 1. The fourth-order valence-electron chi connectivity index (χ4n) is 2.53. The summed E-state index contributed by atoms with van der Waals surface area (Å²) in [5, 5.41) is 7.27. The van der Waals surface area contributed by atoms with E-state index < -0.39 is 0 Å². The van der Waals surface area contributed by atoms with Gasteiger partial charge in [0.2, 0.25) is 0 Å². The monoisotopic (exact) mass is 386 g/mol. The van der Waals surface area contributed by atoms with Crippen molar-refractivity contribution in [1.82, 2.24) is 10.5 Å². The molecule has 140 valence electrons. The molecule has 2 aromatic carbocycles. The number of nitrogens with one attached hydrogen (secondary N) is 1. The fourth-order valence-corrected chi connectivity index (χ4v) is 2.73. The number of ether oxygens (including phenoxy) is 2. The van der Waals surface area contributed by atoms with E-state index in [1.807, 2.05) is 30.3 Å². The predicted molar refractivity (Wildman–Crippen MR) is 101 cm³/mol. The number of rotatable bonds is 7. The highest BCUT2D eigenvalue weighted by Crippen LogP contribution is 2.27. The summed E-state index contributed by atoms with van der Waals surface area (Å²) >= 11 is 6.12. The van der Waals surface area contributed by atoms with E-state index in [1.165, 1.54) is 0 Å². The van der Waals surface area contributed by atoms with E-state index in [9.17, 15) is 4.79 Å². The molecule has 0 fully saturated rings. The van der Waals surface area contributed by atoms with Crippen LogP contribution in [0.5, 0.6) is 11.5 Å². The molecule has 1 aromatic heterocycles. The molecule has 0 bridgehead atoms. The summed E-state index contributed by atoms with van der Waals surface area (Å²) < 4.78 is 16.3. The van der Waals surface area contributed by atoms with Crippen LogP contribution in [-0.4, -0.2) is 18.2 Å². The third kappa shape index (κ3) is 4.41. The number of methoxy groups -OCH3 is 1. The van der Waals surface area contributed by atoms with E-state index in [4.69, 9.17) is 25.6 Å². The largest absolute Gasteiger partial charge is 0.493 e. The molecular formula is C20H19ClN2O4. The second-order valence-corrected chi connectivity index (χ2v) is 6.19. The summed E-state index contributed by atoms with van der Waals surface area (Å²) in [7, 11) is 1.57. The second kappa shape index (κ2) is 8.60. The Hall–Kier alpha value is -2.99. The Morgan fingerprint density at radius 2 is 1.85 bits per heavy atom. The minimum atomic E-state index is -0.356. The molecule has 1 amide bonds. The van der Waals surface area contributed by atoms with E-state index in [0.29, 0.717) is 27.8 Å². The van der Waals surface area contributed by atoms with Gasteiger partial charge in [-0.15, -0.1) is 0 Å². The van der Waals surface area contributed by atoms with Crippen molar-refractivity contribution >= 4 is 17.5 Å². The van der Waals surface area contributed by atoms with Crippen molar-refractivity contribution in [2.45, 2.75) is 20.1 Å². The number of benzene rings is 2. The van der Waals surface area contributed by atoms with Crippen LogP contribution in [0.25, 0.3) is 0 Å². The van der Waals surface area contributed by atoms with Gasteiger partial charge in [-0.05, 0) is 30.7 Å². The lowest BCUT2D eigenvalue weighted by atomic mass is 10.2. The Labute approximate surface area is 162 Å². The average Bonchev–Trinajstić information content (AvgIpc) is 3.06. The van der Waals surface area contributed by atoms with Gasteiger partial charge in [-0.2, -0.15) is 0 Å². The predicted octanol–water partition coefficient (Wildman–Crippen LogP) is 4.15. The van der Waals surface area contributed by atoms with Crippen molar-refractivity contribution in [3.05, 3.63) is 76.1 Å². The number of aromatic nitrogens is 1. The third-order valence-corrected chi connectivity index (χ3v) is 4.41. The minimum absolute atomic E-state index is 0.130. The van der Waals surface area contributed by atoms with Gasteiger partial charge in [-0.1, -0.05) is 47.1 Å². The molecule has 0 aliphatic carbocycles. The van der Waals surface area contributed by atoms with Crippen LogP contribution in [-0.2, 0) is 13.2 Å². The van der Waals surface area contributed by atoms with E-state index in [2.05, 4.69) is 10.5 Å². The van der Waals surface area contributed by atoms with Gasteiger partial charge in [-0.3, -0.25) is 4.79 Å². The first-order chi connectivity index (χ1) is 13.1. The number of carbonyl (C=O) groups excluding carboxylic acids is 1. The Kier molecular flexibility index (Phi) is 5.98. The molecule has 0 unspecified atom stereocenters. The van der Waals surface area contributed by atoms with Crippen LogP contribution in [0.4, 0.5) is 0 Å². The van der Waals surface area contributed by atoms with Crippen LogP contribution in [0.2, 0.25) is 5.02 Å². The number of nitrogens with zero attached hydrogens (tertiary/aromatic N) is 1. The smallest absolute Gasteiger partial charge is 0.274 e. The highest BCUT2D eigenvalue weighted by atomic mass is 35.5. The van der Waals surface area contributed by atoms with Crippen molar-refractivity contribution in [2.24, 2.45) is 0 Å². The first kappa shape index (κ1) is 18.8. The zero-order valence-electron chi connectivity index (χ0n) is 15.0. The Bertz CT molecular complexity index is 939. The van der Waals surface area contributed by atoms with Crippen LogP contribution < -0.4 is 14.8 Å². The molecule has 27 heavy (non-hydrogen) atoms. The number of aryl methyl sites for hydroxylation is 1. The maximum absolute atomic E-state index is 12.5. The van der Waals surface area contributed by atoms with Crippen molar-refractivity contribution < 1.29 is 18.8 Å². The van der Waals surface area contributed by atoms with Crippen LogP contribution in [0, 0.1) is 6.92 Å². The molecule has 1 heterocycles. The Morgan fingerprint density at radius 1 is 1.15 bits per heavy atom. The quantitative estimate of drug-likeness (QED) is 0.660. The number of para-hydroxylation sites is 2. The summed E-state index contributed by atoms with van der Waals surface area (Å²) in [6.07, 6.45) is 0. The van der Waals surface area contributed by atoms with Gasteiger partial charge in [0.05, 0.1) is 12.7 Å². The first-order valence-corrected chi connectivity index (χ1v) is 8.70. The van der Waals surface area contributed by atoms with Crippen LogP contribution in [0.3, 0.4) is 0 Å². The van der Waals surface area contributed by atoms with Gasteiger partial charge in [0.15, 0.2) is 17.2 Å². The first-order valence-electron chi connectivity index (χ1n) is 8.32. The van der Waals surface area contributed by atoms with Crippen LogP contribution >= 0.6 is 11.6 Å². The third-order valence-electron chi connectivity index (χ3n) is 4.04. The summed E-state index contributed by atoms with van der Waals surface area (Å²) in [5.41, 5.74) is 1.59. The summed E-state index contributed by atoms with van der Waals surface area (Å²) in [6.45, 7) is 2.15. The molecule has 7 heteroatoms. The number of hydrogen-bond donors (Lipinski definition) is 1. The molecule has 0 saturated carbocycles. The van der Waals surface area contributed by atoms with Crippen LogP contribution in [0.1, 0.15) is 27.4 Å². The molecule has 0 spiro atoms. The van der Waals surface area contributed by atoms with E-state index in [0.717, 1.165) is 5.56 Å². The Balaban J connectivity index is 1.70. The zero-order valence-corrected chi connectivity index (χ0v) is 15.7. The minimum Gasteiger partial charge on any atom is -0.493 e.